The molecule has 0 atom stereocenters. The highest BCUT2D eigenvalue weighted by molar-refractivity contribution is 5.91. The van der Waals surface area contributed by atoms with E-state index in [-0.39, 0.29) is 0 Å². The van der Waals surface area contributed by atoms with Crippen molar-refractivity contribution in [3.05, 3.63) is 105 Å². The lowest BCUT2D eigenvalue weighted by molar-refractivity contribution is 0.124. The summed E-state index contributed by atoms with van der Waals surface area (Å²) >= 11 is 0. The molecule has 0 N–H and O–H groups in total. The molecule has 0 saturated heterocycles. The van der Waals surface area contributed by atoms with Gasteiger partial charge in [-0.25, -0.2) is 9.97 Å². The lowest BCUT2D eigenvalue weighted by Gasteiger charge is -2.12. The first-order valence-corrected chi connectivity index (χ1v) is 18.9. The van der Waals surface area contributed by atoms with Crippen LogP contribution >= 0.6 is 0 Å². The minimum atomic E-state index is 0.689. The van der Waals surface area contributed by atoms with Crippen molar-refractivity contribution in [3.8, 4) is 22.3 Å². The quantitative estimate of drug-likeness (QED) is 0.132. The number of aromatic nitrogens is 8. The number of hydrogen-bond acceptors (Lipinski definition) is 5. The van der Waals surface area contributed by atoms with Gasteiger partial charge in [0.15, 0.2) is 11.3 Å². The fraction of sp³-hybridized carbons (Fsp3) is 0.364. The standard InChI is InChI=1S/C44H50N8O/c1-25-21-27(3)37(28(4)22-25)39-33(9)47-51-41(39)45-31(7)35-13-17-49(43(35)51)15-11-19-53-20-12-16-50-18-14-36-32(8)46-42-40(34(10)48-52(42)44(36)50)38-29(5)23-26(2)24-30(38)6/h13-14,17-18,21-24H,11-12,15-16,19-20H2,1-10H3. The highest BCUT2D eigenvalue weighted by atomic mass is 16.5. The summed E-state index contributed by atoms with van der Waals surface area (Å²) in [6.07, 6.45) is 6.13. The molecular formula is C44H50N8O. The smallest absolute Gasteiger partial charge is 0.165 e. The third-order valence-corrected chi connectivity index (χ3v) is 10.9. The van der Waals surface area contributed by atoms with Gasteiger partial charge >= 0.3 is 0 Å². The van der Waals surface area contributed by atoms with E-state index in [4.69, 9.17) is 24.9 Å². The predicted molar refractivity (Wildman–Crippen MR) is 215 cm³/mol. The van der Waals surface area contributed by atoms with E-state index >= 15 is 0 Å². The van der Waals surface area contributed by atoms with Crippen molar-refractivity contribution in [2.45, 2.75) is 95.2 Å². The second kappa shape index (κ2) is 13.3. The van der Waals surface area contributed by atoms with Crippen LogP contribution in [0, 0.1) is 69.2 Å². The SMILES string of the molecule is Cc1cc(C)c(-c2c(C)nn3c2nc(C)c2ccn(CCCOCCCn4ccc5c(C)nc6c(-c7c(C)cc(C)cc7C)c(C)nn6c54)c23)c(C)c1. The molecule has 0 unspecified atom stereocenters. The number of nitrogens with zero attached hydrogens (tertiary/aromatic N) is 8. The van der Waals surface area contributed by atoms with E-state index in [1.54, 1.807) is 0 Å². The topological polar surface area (TPSA) is 79.5 Å². The van der Waals surface area contributed by atoms with Crippen LogP contribution in [0.25, 0.3) is 55.6 Å². The first-order chi connectivity index (χ1) is 25.4. The third-order valence-electron chi connectivity index (χ3n) is 10.9. The molecule has 6 heterocycles. The van der Waals surface area contributed by atoms with Gasteiger partial charge in [0, 0.05) is 49.5 Å². The molecule has 0 fully saturated rings. The second-order valence-corrected chi connectivity index (χ2v) is 15.1. The number of ether oxygens (including phenoxy) is 1. The zero-order valence-corrected chi connectivity index (χ0v) is 32.8. The minimum Gasteiger partial charge on any atom is -0.381 e. The normalized spacial score (nSPS) is 12.1. The van der Waals surface area contributed by atoms with Gasteiger partial charge in [-0.1, -0.05) is 35.4 Å². The molecule has 272 valence electrons. The Hall–Kier alpha value is -5.28. The van der Waals surface area contributed by atoms with Crippen molar-refractivity contribution in [2.24, 2.45) is 0 Å². The van der Waals surface area contributed by atoms with Gasteiger partial charge in [0.1, 0.15) is 11.3 Å². The van der Waals surface area contributed by atoms with E-state index in [9.17, 15) is 0 Å². The summed E-state index contributed by atoms with van der Waals surface area (Å²) in [4.78, 5) is 10.2. The zero-order valence-electron chi connectivity index (χ0n) is 32.8. The van der Waals surface area contributed by atoms with Crippen molar-refractivity contribution < 1.29 is 4.74 Å². The molecule has 0 radical (unpaired) electrons. The van der Waals surface area contributed by atoms with Gasteiger partial charge in [0.2, 0.25) is 0 Å². The van der Waals surface area contributed by atoms with Crippen molar-refractivity contribution in [2.75, 3.05) is 13.2 Å². The van der Waals surface area contributed by atoms with E-state index in [1.165, 1.54) is 44.5 Å². The zero-order chi connectivity index (χ0) is 37.3. The van der Waals surface area contributed by atoms with E-state index in [1.807, 2.05) is 0 Å². The number of hydrogen-bond donors (Lipinski definition) is 0. The number of rotatable bonds is 10. The number of aryl methyl sites for hydroxylation is 12. The Kier molecular flexibility index (Phi) is 8.72. The Bertz CT molecular complexity index is 2490. The van der Waals surface area contributed by atoms with Crippen LogP contribution in [-0.4, -0.2) is 51.5 Å². The van der Waals surface area contributed by atoms with Gasteiger partial charge in [0.05, 0.1) is 33.9 Å². The van der Waals surface area contributed by atoms with E-state index in [0.29, 0.717) is 13.2 Å². The highest BCUT2D eigenvalue weighted by Gasteiger charge is 2.23. The number of benzene rings is 2. The van der Waals surface area contributed by atoms with Crippen molar-refractivity contribution in [3.63, 3.8) is 0 Å². The average molecular weight is 707 g/mol. The lowest BCUT2D eigenvalue weighted by Crippen LogP contribution is -2.08. The molecule has 0 spiro atoms. The summed E-state index contributed by atoms with van der Waals surface area (Å²) in [5, 5.41) is 12.4. The van der Waals surface area contributed by atoms with E-state index in [2.05, 4.69) is 136 Å². The van der Waals surface area contributed by atoms with Gasteiger partial charge in [-0.15, -0.1) is 0 Å². The van der Waals surface area contributed by atoms with Gasteiger partial charge < -0.3 is 13.9 Å². The van der Waals surface area contributed by atoms with Crippen LogP contribution in [0.5, 0.6) is 0 Å². The maximum absolute atomic E-state index is 6.21. The largest absolute Gasteiger partial charge is 0.381 e. The van der Waals surface area contributed by atoms with Gasteiger partial charge in [-0.2, -0.15) is 19.2 Å². The molecule has 0 amide bonds. The van der Waals surface area contributed by atoms with Crippen molar-refractivity contribution >= 4 is 33.4 Å². The molecule has 8 aromatic rings. The van der Waals surface area contributed by atoms with E-state index in [0.717, 1.165) is 93.2 Å². The summed E-state index contributed by atoms with van der Waals surface area (Å²) in [5.74, 6) is 0. The van der Waals surface area contributed by atoms with Gasteiger partial charge in [-0.3, -0.25) is 0 Å². The van der Waals surface area contributed by atoms with Crippen LogP contribution in [0.15, 0.2) is 48.8 Å². The molecule has 0 aliphatic heterocycles. The van der Waals surface area contributed by atoms with Crippen LogP contribution in [0.4, 0.5) is 0 Å². The molecule has 0 aliphatic carbocycles. The molecule has 9 nitrogen and oxygen atoms in total. The monoisotopic (exact) mass is 706 g/mol. The first kappa shape index (κ1) is 34.8. The van der Waals surface area contributed by atoms with Gasteiger partial charge in [-0.05, 0) is 128 Å². The molecule has 0 bridgehead atoms. The Morgan fingerprint density at radius 3 is 1.25 bits per heavy atom. The van der Waals surface area contributed by atoms with Crippen molar-refractivity contribution in [1.29, 1.82) is 0 Å². The maximum atomic E-state index is 6.21. The predicted octanol–water partition coefficient (Wildman–Crippen LogP) is 9.60. The molecule has 9 heteroatoms. The average Bonchev–Trinajstić information content (AvgIpc) is 3.85. The van der Waals surface area contributed by atoms with Gasteiger partial charge in [0.25, 0.3) is 0 Å². The summed E-state index contributed by atoms with van der Waals surface area (Å²) in [6.45, 7) is 24.5. The summed E-state index contributed by atoms with van der Waals surface area (Å²) in [6, 6.07) is 13.3. The highest BCUT2D eigenvalue weighted by Crippen LogP contribution is 2.37. The molecular weight excluding hydrogens is 657 g/mol. The molecule has 2 aromatic carbocycles. The first-order valence-electron chi connectivity index (χ1n) is 18.9. The Morgan fingerprint density at radius 2 is 0.868 bits per heavy atom. The second-order valence-electron chi connectivity index (χ2n) is 15.1. The molecule has 0 saturated carbocycles. The van der Waals surface area contributed by atoms with Crippen LogP contribution in [0.1, 0.15) is 69.0 Å². The van der Waals surface area contributed by atoms with Crippen LogP contribution in [-0.2, 0) is 17.8 Å². The Morgan fingerprint density at radius 1 is 0.491 bits per heavy atom. The van der Waals surface area contributed by atoms with E-state index < -0.39 is 0 Å². The minimum absolute atomic E-state index is 0.689. The fourth-order valence-electron chi connectivity index (χ4n) is 8.81. The molecule has 53 heavy (non-hydrogen) atoms. The van der Waals surface area contributed by atoms with Crippen molar-refractivity contribution in [1.82, 2.24) is 38.3 Å². The number of fused-ring (bicyclic) bond motifs is 6. The third kappa shape index (κ3) is 5.82. The summed E-state index contributed by atoms with van der Waals surface area (Å²) in [7, 11) is 0. The summed E-state index contributed by atoms with van der Waals surface area (Å²) in [5.41, 5.74) is 20.4. The molecule has 8 rings (SSSR count). The summed E-state index contributed by atoms with van der Waals surface area (Å²) < 4.78 is 14.9. The lowest BCUT2D eigenvalue weighted by atomic mass is 9.94. The van der Waals surface area contributed by atoms with Crippen LogP contribution in [0.3, 0.4) is 0 Å². The van der Waals surface area contributed by atoms with Crippen LogP contribution in [0.2, 0.25) is 0 Å². The Balaban J connectivity index is 0.966. The van der Waals surface area contributed by atoms with Crippen LogP contribution < -0.4 is 0 Å². The molecule has 0 aliphatic rings. The fourth-order valence-corrected chi connectivity index (χ4v) is 8.81. The molecule has 6 aromatic heterocycles. The Labute approximate surface area is 311 Å². The maximum Gasteiger partial charge on any atom is 0.165 e.